The fourth-order valence-corrected chi connectivity index (χ4v) is 4.47. The van der Waals surface area contributed by atoms with Crippen LogP contribution in [0.1, 0.15) is 38.3 Å². The Morgan fingerprint density at radius 3 is 2.48 bits per heavy atom. The van der Waals surface area contributed by atoms with Gasteiger partial charge in [-0.25, -0.2) is 0 Å². The van der Waals surface area contributed by atoms with Crippen LogP contribution < -0.4 is 29.2 Å². The number of nitrogens with one attached hydrogen (secondary N) is 1. The van der Waals surface area contributed by atoms with Gasteiger partial charge in [-0.15, -0.1) is 0 Å². The quantitative estimate of drug-likeness (QED) is 0.748. The van der Waals surface area contributed by atoms with Gasteiger partial charge in [-0.05, 0) is 35.7 Å². The van der Waals surface area contributed by atoms with Crippen LogP contribution in [0.3, 0.4) is 0 Å². The number of anilines is 1. The normalized spacial score (nSPS) is 20.0. The van der Waals surface area contributed by atoms with Crippen molar-refractivity contribution in [2.24, 2.45) is 11.8 Å². The van der Waals surface area contributed by atoms with Gasteiger partial charge >= 0.3 is 0 Å². The third-order valence-corrected chi connectivity index (χ3v) is 6.26. The molecule has 3 aliphatic rings. The number of nitrogens with zero attached hydrogens (tertiary/aromatic N) is 1. The Bertz CT molecular complexity index is 1070. The first-order valence-corrected chi connectivity index (χ1v) is 11.4. The Balaban J connectivity index is 1.30. The minimum absolute atomic E-state index is 0.0781. The van der Waals surface area contributed by atoms with Gasteiger partial charge in [0.2, 0.25) is 18.6 Å². The van der Waals surface area contributed by atoms with Crippen LogP contribution in [-0.4, -0.2) is 38.4 Å². The SMILES string of the molecule is CC(C)C(NC(=O)C1CC(=O)N(c2ccc3c(c2)OCO3)C1)c1ccc2c(c1)OCCCO2. The van der Waals surface area contributed by atoms with E-state index in [1.807, 2.05) is 24.3 Å². The van der Waals surface area contributed by atoms with Crippen molar-refractivity contribution in [3.8, 4) is 23.0 Å². The molecule has 174 valence electrons. The van der Waals surface area contributed by atoms with Crippen molar-refractivity contribution in [2.75, 3.05) is 31.5 Å². The largest absolute Gasteiger partial charge is 0.490 e. The minimum atomic E-state index is -0.426. The highest BCUT2D eigenvalue weighted by Gasteiger charge is 2.37. The molecule has 0 spiro atoms. The van der Waals surface area contributed by atoms with Gasteiger partial charge in [-0.3, -0.25) is 9.59 Å². The molecule has 33 heavy (non-hydrogen) atoms. The van der Waals surface area contributed by atoms with Crippen molar-refractivity contribution in [1.29, 1.82) is 0 Å². The first kappa shape index (κ1) is 21.4. The van der Waals surface area contributed by atoms with E-state index in [4.69, 9.17) is 18.9 Å². The van der Waals surface area contributed by atoms with Crippen molar-refractivity contribution in [3.63, 3.8) is 0 Å². The van der Waals surface area contributed by atoms with E-state index in [9.17, 15) is 9.59 Å². The lowest BCUT2D eigenvalue weighted by atomic mass is 9.94. The topological polar surface area (TPSA) is 86.3 Å². The van der Waals surface area contributed by atoms with Crippen LogP contribution in [0.25, 0.3) is 0 Å². The lowest BCUT2D eigenvalue weighted by molar-refractivity contribution is -0.127. The molecule has 2 amide bonds. The maximum Gasteiger partial charge on any atom is 0.231 e. The second-order valence-corrected chi connectivity index (χ2v) is 8.93. The number of rotatable bonds is 5. The number of amides is 2. The van der Waals surface area contributed by atoms with Gasteiger partial charge in [0.25, 0.3) is 0 Å². The zero-order valence-corrected chi connectivity index (χ0v) is 18.8. The standard InChI is InChI=1S/C25H28N2O6/c1-15(2)24(16-4-6-19-21(10-16)31-9-3-8-30-19)26-25(29)17-11-23(28)27(13-17)18-5-7-20-22(12-18)33-14-32-20/h4-7,10,12,15,17,24H,3,8-9,11,13-14H2,1-2H3,(H,26,29). The molecule has 0 radical (unpaired) electrons. The van der Waals surface area contributed by atoms with E-state index >= 15 is 0 Å². The summed E-state index contributed by atoms with van der Waals surface area (Å²) in [5, 5.41) is 3.17. The predicted molar refractivity (Wildman–Crippen MR) is 121 cm³/mol. The van der Waals surface area contributed by atoms with Gasteiger partial charge in [0.05, 0.1) is 25.2 Å². The van der Waals surface area contributed by atoms with Crippen LogP contribution in [0.2, 0.25) is 0 Å². The van der Waals surface area contributed by atoms with Gasteiger partial charge in [-0.1, -0.05) is 19.9 Å². The number of hydrogen-bond acceptors (Lipinski definition) is 6. The molecule has 1 saturated heterocycles. The minimum Gasteiger partial charge on any atom is -0.490 e. The molecule has 8 nitrogen and oxygen atoms in total. The van der Waals surface area contributed by atoms with Crippen LogP contribution in [-0.2, 0) is 9.59 Å². The maximum absolute atomic E-state index is 13.2. The number of hydrogen-bond donors (Lipinski definition) is 1. The van der Waals surface area contributed by atoms with Crippen LogP contribution in [0.4, 0.5) is 5.69 Å². The average molecular weight is 453 g/mol. The van der Waals surface area contributed by atoms with Crippen LogP contribution in [0, 0.1) is 11.8 Å². The van der Waals surface area contributed by atoms with Crippen molar-refractivity contribution in [1.82, 2.24) is 5.32 Å². The van der Waals surface area contributed by atoms with E-state index < -0.39 is 5.92 Å². The van der Waals surface area contributed by atoms with E-state index in [0.29, 0.717) is 42.7 Å². The zero-order valence-electron chi connectivity index (χ0n) is 18.8. The highest BCUT2D eigenvalue weighted by atomic mass is 16.7. The molecule has 2 aromatic rings. The smallest absolute Gasteiger partial charge is 0.231 e. The summed E-state index contributed by atoms with van der Waals surface area (Å²) in [5.74, 6) is 2.23. The van der Waals surface area contributed by atoms with E-state index in [1.165, 1.54) is 0 Å². The Morgan fingerprint density at radius 1 is 0.970 bits per heavy atom. The molecule has 0 aliphatic carbocycles. The zero-order chi connectivity index (χ0) is 22.9. The van der Waals surface area contributed by atoms with Crippen LogP contribution in [0.15, 0.2) is 36.4 Å². The second-order valence-electron chi connectivity index (χ2n) is 8.93. The first-order valence-electron chi connectivity index (χ1n) is 11.4. The Labute approximate surface area is 192 Å². The second kappa shape index (κ2) is 8.84. The van der Waals surface area contributed by atoms with Crippen molar-refractivity contribution in [3.05, 3.63) is 42.0 Å². The highest BCUT2D eigenvalue weighted by Crippen LogP contribution is 2.38. The Hall–Kier alpha value is -3.42. The molecule has 2 atom stereocenters. The van der Waals surface area contributed by atoms with Gasteiger partial charge < -0.3 is 29.2 Å². The van der Waals surface area contributed by atoms with E-state index in [2.05, 4.69) is 19.2 Å². The summed E-state index contributed by atoms with van der Waals surface area (Å²) >= 11 is 0. The molecule has 0 saturated carbocycles. The molecule has 2 unspecified atom stereocenters. The number of fused-ring (bicyclic) bond motifs is 2. The average Bonchev–Trinajstić information content (AvgIpc) is 3.36. The Morgan fingerprint density at radius 2 is 1.67 bits per heavy atom. The molecule has 3 aliphatic heterocycles. The summed E-state index contributed by atoms with van der Waals surface area (Å²) in [6, 6.07) is 11.0. The van der Waals surface area contributed by atoms with Crippen LogP contribution >= 0.6 is 0 Å². The molecular weight excluding hydrogens is 424 g/mol. The monoisotopic (exact) mass is 452 g/mol. The van der Waals surface area contributed by atoms with Crippen molar-refractivity contribution < 1.29 is 28.5 Å². The van der Waals surface area contributed by atoms with Gasteiger partial charge in [-0.2, -0.15) is 0 Å². The van der Waals surface area contributed by atoms with E-state index in [-0.39, 0.29) is 37.0 Å². The fraction of sp³-hybridized carbons (Fsp3) is 0.440. The first-order chi connectivity index (χ1) is 16.0. The summed E-state index contributed by atoms with van der Waals surface area (Å²) in [5.41, 5.74) is 1.67. The number of benzene rings is 2. The van der Waals surface area contributed by atoms with Gasteiger partial charge in [0, 0.05) is 31.1 Å². The lowest BCUT2D eigenvalue weighted by Gasteiger charge is -2.25. The summed E-state index contributed by atoms with van der Waals surface area (Å²) < 4.78 is 22.3. The molecule has 1 N–H and O–H groups in total. The van der Waals surface area contributed by atoms with Crippen molar-refractivity contribution in [2.45, 2.75) is 32.7 Å². The molecule has 1 fully saturated rings. The van der Waals surface area contributed by atoms with Gasteiger partial charge in [0.1, 0.15) is 0 Å². The van der Waals surface area contributed by atoms with E-state index in [1.54, 1.807) is 17.0 Å². The highest BCUT2D eigenvalue weighted by molar-refractivity contribution is 6.00. The summed E-state index contributed by atoms with van der Waals surface area (Å²) in [7, 11) is 0. The number of ether oxygens (including phenoxy) is 4. The van der Waals surface area contributed by atoms with Crippen LogP contribution in [0.5, 0.6) is 23.0 Å². The van der Waals surface area contributed by atoms with Crippen molar-refractivity contribution >= 4 is 17.5 Å². The summed E-state index contributed by atoms with van der Waals surface area (Å²) in [6.07, 6.45) is 1.01. The molecule has 3 heterocycles. The maximum atomic E-state index is 13.2. The summed E-state index contributed by atoms with van der Waals surface area (Å²) in [6.45, 7) is 5.87. The molecule has 2 aromatic carbocycles. The summed E-state index contributed by atoms with van der Waals surface area (Å²) in [4.78, 5) is 27.6. The predicted octanol–water partition coefficient (Wildman–Crippen LogP) is 3.44. The fourth-order valence-electron chi connectivity index (χ4n) is 4.47. The number of carbonyl (C=O) groups is 2. The molecule has 0 aromatic heterocycles. The third-order valence-electron chi connectivity index (χ3n) is 6.26. The number of carbonyl (C=O) groups excluding carboxylic acids is 2. The molecule has 0 bridgehead atoms. The molecule has 8 heteroatoms. The lowest BCUT2D eigenvalue weighted by Crippen LogP contribution is -2.37. The third kappa shape index (κ3) is 4.29. The Kier molecular flexibility index (Phi) is 5.74. The molecule has 5 rings (SSSR count). The van der Waals surface area contributed by atoms with E-state index in [0.717, 1.165) is 17.7 Å². The van der Waals surface area contributed by atoms with Gasteiger partial charge in [0.15, 0.2) is 23.0 Å². The molecular formula is C25H28N2O6.